The highest BCUT2D eigenvalue weighted by molar-refractivity contribution is 5.58. The zero-order valence-corrected chi connectivity index (χ0v) is 11.3. The Morgan fingerprint density at radius 1 is 1.33 bits per heavy atom. The molecule has 1 aliphatic heterocycles. The molecular formula is C15H21N3. The molecule has 18 heavy (non-hydrogen) atoms. The Balaban J connectivity index is 1.99. The fourth-order valence-corrected chi connectivity index (χ4v) is 2.63. The summed E-state index contributed by atoms with van der Waals surface area (Å²) in [6, 6.07) is 10.1. The second-order valence-electron chi connectivity index (χ2n) is 5.26. The zero-order chi connectivity index (χ0) is 13.0. The molecule has 3 nitrogen and oxygen atoms in total. The second kappa shape index (κ2) is 5.88. The van der Waals surface area contributed by atoms with Gasteiger partial charge in [-0.15, -0.1) is 0 Å². The van der Waals surface area contributed by atoms with Crippen LogP contribution in [0.15, 0.2) is 24.3 Å². The summed E-state index contributed by atoms with van der Waals surface area (Å²) in [4.78, 5) is 4.62. The quantitative estimate of drug-likeness (QED) is 0.816. The van der Waals surface area contributed by atoms with E-state index in [-0.39, 0.29) is 0 Å². The summed E-state index contributed by atoms with van der Waals surface area (Å²) < 4.78 is 0. The van der Waals surface area contributed by atoms with Gasteiger partial charge in [0, 0.05) is 13.6 Å². The van der Waals surface area contributed by atoms with Crippen LogP contribution in [0.4, 0.5) is 5.69 Å². The van der Waals surface area contributed by atoms with Crippen molar-refractivity contribution in [3.63, 3.8) is 0 Å². The van der Waals surface area contributed by atoms with Gasteiger partial charge in [-0.2, -0.15) is 5.26 Å². The van der Waals surface area contributed by atoms with Crippen molar-refractivity contribution in [3.8, 4) is 6.07 Å². The Bertz CT molecular complexity index is 428. The highest BCUT2D eigenvalue weighted by Gasteiger charge is 2.19. The predicted octanol–water partition coefficient (Wildman–Crippen LogP) is 2.34. The van der Waals surface area contributed by atoms with Crippen LogP contribution in [-0.2, 0) is 0 Å². The van der Waals surface area contributed by atoms with Crippen molar-refractivity contribution in [2.45, 2.75) is 12.8 Å². The smallest absolute Gasteiger partial charge is 0.101 e. The van der Waals surface area contributed by atoms with Crippen LogP contribution >= 0.6 is 0 Å². The van der Waals surface area contributed by atoms with E-state index in [2.05, 4.69) is 30.0 Å². The van der Waals surface area contributed by atoms with Gasteiger partial charge in [-0.25, -0.2) is 0 Å². The van der Waals surface area contributed by atoms with E-state index in [1.54, 1.807) is 0 Å². The lowest BCUT2D eigenvalue weighted by atomic mass is 9.96. The minimum atomic E-state index is 0.748. The highest BCUT2D eigenvalue weighted by atomic mass is 15.1. The van der Waals surface area contributed by atoms with Crippen LogP contribution in [0.25, 0.3) is 0 Å². The van der Waals surface area contributed by atoms with Gasteiger partial charge >= 0.3 is 0 Å². The summed E-state index contributed by atoms with van der Waals surface area (Å²) in [5.41, 5.74) is 1.83. The lowest BCUT2D eigenvalue weighted by Gasteiger charge is -2.32. The van der Waals surface area contributed by atoms with Crippen LogP contribution < -0.4 is 4.90 Å². The number of hydrogen-bond donors (Lipinski definition) is 0. The molecule has 0 radical (unpaired) electrons. The molecule has 1 aliphatic rings. The minimum Gasteiger partial charge on any atom is -0.373 e. The molecule has 0 aliphatic carbocycles. The van der Waals surface area contributed by atoms with Crippen molar-refractivity contribution in [1.82, 2.24) is 4.90 Å². The molecule has 96 valence electrons. The van der Waals surface area contributed by atoms with Crippen molar-refractivity contribution in [1.29, 1.82) is 5.26 Å². The van der Waals surface area contributed by atoms with Crippen LogP contribution in [-0.4, -0.2) is 38.6 Å². The van der Waals surface area contributed by atoms with E-state index < -0.39 is 0 Å². The van der Waals surface area contributed by atoms with Gasteiger partial charge in [-0.1, -0.05) is 12.1 Å². The summed E-state index contributed by atoms with van der Waals surface area (Å²) in [6.07, 6.45) is 2.52. The molecule has 1 aromatic carbocycles. The minimum absolute atomic E-state index is 0.748. The third-order valence-corrected chi connectivity index (χ3v) is 3.81. The van der Waals surface area contributed by atoms with E-state index in [0.29, 0.717) is 0 Å². The van der Waals surface area contributed by atoms with Crippen molar-refractivity contribution in [2.75, 3.05) is 38.6 Å². The topological polar surface area (TPSA) is 30.3 Å². The van der Waals surface area contributed by atoms with Crippen molar-refractivity contribution < 1.29 is 0 Å². The molecule has 1 saturated heterocycles. The summed E-state index contributed by atoms with van der Waals surface area (Å²) in [7, 11) is 4.28. The first-order valence-corrected chi connectivity index (χ1v) is 6.59. The Hall–Kier alpha value is -1.53. The summed E-state index contributed by atoms with van der Waals surface area (Å²) in [5.74, 6) is 0.748. The fraction of sp³-hybridized carbons (Fsp3) is 0.533. The largest absolute Gasteiger partial charge is 0.373 e. The molecule has 0 aromatic heterocycles. The van der Waals surface area contributed by atoms with E-state index in [1.807, 2.05) is 24.3 Å². The lowest BCUT2D eigenvalue weighted by molar-refractivity contribution is 0.222. The number of likely N-dealkylation sites (tertiary alicyclic amines) is 1. The van der Waals surface area contributed by atoms with Gasteiger partial charge in [0.05, 0.1) is 11.3 Å². The molecule has 0 bridgehead atoms. The first-order chi connectivity index (χ1) is 8.70. The summed E-state index contributed by atoms with van der Waals surface area (Å²) >= 11 is 0. The Kier molecular flexibility index (Phi) is 4.22. The van der Waals surface area contributed by atoms with Crippen LogP contribution in [0.2, 0.25) is 0 Å². The van der Waals surface area contributed by atoms with Gasteiger partial charge < -0.3 is 9.80 Å². The Morgan fingerprint density at radius 2 is 2.00 bits per heavy atom. The maximum atomic E-state index is 9.12. The van der Waals surface area contributed by atoms with E-state index in [4.69, 9.17) is 5.26 Å². The zero-order valence-electron chi connectivity index (χ0n) is 11.3. The number of benzene rings is 1. The molecule has 0 atom stereocenters. The molecule has 2 rings (SSSR count). The first kappa shape index (κ1) is 12.9. The lowest BCUT2D eigenvalue weighted by Crippen LogP contribution is -2.35. The molecule has 0 amide bonds. The Labute approximate surface area is 110 Å². The fourth-order valence-electron chi connectivity index (χ4n) is 2.63. The third kappa shape index (κ3) is 3.02. The van der Waals surface area contributed by atoms with E-state index in [0.717, 1.165) is 23.7 Å². The molecule has 0 spiro atoms. The molecule has 1 aromatic rings. The predicted molar refractivity (Wildman–Crippen MR) is 74.6 cm³/mol. The normalized spacial score (nSPS) is 17.4. The van der Waals surface area contributed by atoms with Gasteiger partial charge in [0.25, 0.3) is 0 Å². The number of hydrogen-bond acceptors (Lipinski definition) is 3. The number of para-hydroxylation sites is 1. The van der Waals surface area contributed by atoms with Crippen LogP contribution in [0.5, 0.6) is 0 Å². The average molecular weight is 243 g/mol. The first-order valence-electron chi connectivity index (χ1n) is 6.59. The molecule has 0 saturated carbocycles. The third-order valence-electron chi connectivity index (χ3n) is 3.81. The van der Waals surface area contributed by atoms with Crippen LogP contribution in [0.1, 0.15) is 18.4 Å². The number of anilines is 1. The van der Waals surface area contributed by atoms with Gasteiger partial charge in [0.2, 0.25) is 0 Å². The molecule has 3 heteroatoms. The standard InChI is InChI=1S/C15H21N3/c1-17-9-7-13(8-10-17)12-18(2)15-6-4-3-5-14(15)11-16/h3-6,13H,7-10,12H2,1-2H3. The van der Waals surface area contributed by atoms with Gasteiger partial charge in [0.15, 0.2) is 0 Å². The van der Waals surface area contributed by atoms with Crippen molar-refractivity contribution >= 4 is 5.69 Å². The van der Waals surface area contributed by atoms with Gasteiger partial charge in [0.1, 0.15) is 6.07 Å². The maximum absolute atomic E-state index is 9.12. The SMILES string of the molecule is CN1CCC(CN(C)c2ccccc2C#N)CC1. The number of rotatable bonds is 3. The van der Waals surface area contributed by atoms with E-state index >= 15 is 0 Å². The number of nitrogens with zero attached hydrogens (tertiary/aromatic N) is 3. The molecule has 1 heterocycles. The van der Waals surface area contributed by atoms with E-state index in [1.165, 1.54) is 25.9 Å². The highest BCUT2D eigenvalue weighted by Crippen LogP contribution is 2.22. The van der Waals surface area contributed by atoms with Crippen LogP contribution in [0, 0.1) is 17.2 Å². The molecule has 0 unspecified atom stereocenters. The summed E-state index contributed by atoms with van der Waals surface area (Å²) in [5, 5.41) is 9.12. The number of piperidine rings is 1. The monoisotopic (exact) mass is 243 g/mol. The van der Waals surface area contributed by atoms with E-state index in [9.17, 15) is 0 Å². The van der Waals surface area contributed by atoms with Crippen molar-refractivity contribution in [2.24, 2.45) is 5.92 Å². The molecular weight excluding hydrogens is 222 g/mol. The summed E-state index contributed by atoms with van der Waals surface area (Å²) in [6.45, 7) is 3.43. The molecule has 1 fully saturated rings. The van der Waals surface area contributed by atoms with Gasteiger partial charge in [-0.3, -0.25) is 0 Å². The van der Waals surface area contributed by atoms with Crippen molar-refractivity contribution in [3.05, 3.63) is 29.8 Å². The van der Waals surface area contributed by atoms with Gasteiger partial charge in [-0.05, 0) is 51.0 Å². The molecule has 0 N–H and O–H groups in total. The number of nitriles is 1. The average Bonchev–Trinajstić information content (AvgIpc) is 2.41. The Morgan fingerprint density at radius 3 is 2.67 bits per heavy atom. The second-order valence-corrected chi connectivity index (χ2v) is 5.26. The maximum Gasteiger partial charge on any atom is 0.101 e. The van der Waals surface area contributed by atoms with Crippen LogP contribution in [0.3, 0.4) is 0 Å².